The minimum Gasteiger partial charge on any atom is -0.455 e. The molecule has 14 aromatic rings. The van der Waals surface area contributed by atoms with Gasteiger partial charge in [0.05, 0.1) is 51.1 Å². The first-order valence-corrected chi connectivity index (χ1v) is 22.3. The Morgan fingerprint density at radius 2 is 1.09 bits per heavy atom. The van der Waals surface area contributed by atoms with Crippen LogP contribution in [0.1, 0.15) is 5.56 Å². The molecule has 0 aliphatic heterocycles. The third kappa shape index (κ3) is 5.04. The van der Waals surface area contributed by atoms with E-state index in [0.717, 1.165) is 115 Å². The molecule has 67 heavy (non-hydrogen) atoms. The van der Waals surface area contributed by atoms with Crippen LogP contribution in [0.5, 0.6) is 0 Å². The average Bonchev–Trinajstić information content (AvgIpc) is 4.06. The van der Waals surface area contributed by atoms with Gasteiger partial charge in [0.15, 0.2) is 0 Å². The van der Waals surface area contributed by atoms with Crippen LogP contribution in [-0.2, 0) is 0 Å². The minimum atomic E-state index is 0.395. The third-order valence-corrected chi connectivity index (χ3v) is 13.8. The summed E-state index contributed by atoms with van der Waals surface area (Å²) in [7, 11) is 0. The van der Waals surface area contributed by atoms with Crippen molar-refractivity contribution in [2.24, 2.45) is 0 Å². The first-order valence-electron chi connectivity index (χ1n) is 22.3. The van der Waals surface area contributed by atoms with Gasteiger partial charge in [-0.05, 0) is 63.9 Å². The maximum Gasteiger partial charge on any atom is 0.220 e. The van der Waals surface area contributed by atoms with Crippen molar-refractivity contribution in [3.05, 3.63) is 217 Å². The molecule has 0 atom stereocenters. The minimum absolute atomic E-state index is 0.395. The predicted octanol–water partition coefficient (Wildman–Crippen LogP) is 16.3. The highest BCUT2D eigenvalue weighted by atomic mass is 16.3. The number of nitriles is 1. The van der Waals surface area contributed by atoms with E-state index in [0.29, 0.717) is 28.2 Å². The molecule has 0 radical (unpaired) electrons. The number of rotatable bonds is 5. The van der Waals surface area contributed by atoms with Gasteiger partial charge in [-0.2, -0.15) is 5.26 Å². The van der Waals surface area contributed by atoms with E-state index in [2.05, 4.69) is 147 Å². The van der Waals surface area contributed by atoms with Crippen molar-refractivity contribution in [1.29, 1.82) is 5.26 Å². The summed E-state index contributed by atoms with van der Waals surface area (Å²) in [6, 6.07) is 69.5. The standard InChI is InChI=1S/C61H33N5O/c1-63-58-53(36-16-4-2-5-17-36)47(35-62)59(65-48-27-12-10-21-41(48)46-34-38(30-31-49(46)65)39-24-14-26-45-42-22-11-13-29-52(42)67-61(39)45)54(37-18-6-3-7-19-37)60(58)66-50-28-15-25-43-40-20-8-9-23-44(40)57-56(55(43)50)51(66)32-33-64-57/h2-34H. The number of hydrogen-bond donors (Lipinski definition) is 0. The highest BCUT2D eigenvalue weighted by molar-refractivity contribution is 6.34. The van der Waals surface area contributed by atoms with Crippen LogP contribution in [0.15, 0.2) is 205 Å². The first-order chi connectivity index (χ1) is 33.2. The van der Waals surface area contributed by atoms with E-state index in [1.807, 2.05) is 72.9 Å². The van der Waals surface area contributed by atoms with Gasteiger partial charge < -0.3 is 13.6 Å². The summed E-state index contributed by atoms with van der Waals surface area (Å²) < 4.78 is 11.1. The van der Waals surface area contributed by atoms with Crippen molar-refractivity contribution in [2.45, 2.75) is 0 Å². The summed E-state index contributed by atoms with van der Waals surface area (Å²) in [5, 5.41) is 21.5. The Kier molecular flexibility index (Phi) is 7.72. The molecule has 0 unspecified atom stereocenters. The van der Waals surface area contributed by atoms with Gasteiger partial charge in [-0.15, -0.1) is 0 Å². The van der Waals surface area contributed by atoms with Gasteiger partial charge in [0, 0.05) is 60.6 Å². The van der Waals surface area contributed by atoms with E-state index in [1.54, 1.807) is 0 Å². The molecule has 0 aliphatic carbocycles. The Morgan fingerprint density at radius 3 is 1.88 bits per heavy atom. The van der Waals surface area contributed by atoms with Gasteiger partial charge in [-0.25, -0.2) is 4.85 Å². The van der Waals surface area contributed by atoms with Crippen LogP contribution in [0.4, 0.5) is 5.69 Å². The SMILES string of the molecule is [C-]#[N+]c1c(-c2ccccc2)c(C#N)c(-n2c3ccccc3c3cc(-c4cccc5c4oc4ccccc45)ccc32)c(-c2ccccc2)c1-n1c2cccc3c4ccccc4c4nccc1c4c32. The van der Waals surface area contributed by atoms with Gasteiger partial charge in [-0.1, -0.05) is 158 Å². The second kappa shape index (κ2) is 14.0. The van der Waals surface area contributed by atoms with Crippen LogP contribution in [-0.4, -0.2) is 14.1 Å². The van der Waals surface area contributed by atoms with Crippen LogP contribution in [0, 0.1) is 17.9 Å². The second-order valence-corrected chi connectivity index (χ2v) is 17.1. The number of fused-ring (bicyclic) bond motifs is 9. The van der Waals surface area contributed by atoms with Crippen molar-refractivity contribution in [3.8, 4) is 50.8 Å². The lowest BCUT2D eigenvalue weighted by atomic mass is 9.88. The number of nitrogens with zero attached hydrogens (tertiary/aromatic N) is 5. The van der Waals surface area contributed by atoms with Gasteiger partial charge in [0.1, 0.15) is 17.2 Å². The number of furan rings is 1. The van der Waals surface area contributed by atoms with Crippen LogP contribution < -0.4 is 0 Å². The van der Waals surface area contributed by atoms with E-state index >= 15 is 0 Å². The molecule has 0 amide bonds. The maximum absolute atomic E-state index is 11.8. The molecule has 0 saturated carbocycles. The molecule has 0 N–H and O–H groups in total. The molecule has 6 heteroatoms. The zero-order valence-corrected chi connectivity index (χ0v) is 35.7. The fourth-order valence-corrected chi connectivity index (χ4v) is 11.1. The van der Waals surface area contributed by atoms with Gasteiger partial charge in [0.25, 0.3) is 0 Å². The highest BCUT2D eigenvalue weighted by Gasteiger charge is 2.32. The molecular formula is C61H33N5O. The molecule has 0 aliphatic rings. The Bertz CT molecular complexity index is 4380. The molecule has 308 valence electrons. The fraction of sp³-hybridized carbons (Fsp3) is 0. The smallest absolute Gasteiger partial charge is 0.220 e. The van der Waals surface area contributed by atoms with Crippen LogP contribution in [0.25, 0.3) is 137 Å². The normalized spacial score (nSPS) is 11.9. The average molecular weight is 852 g/mol. The van der Waals surface area contributed by atoms with Gasteiger partial charge >= 0.3 is 0 Å². The topological polar surface area (TPSA) is 64.0 Å². The molecule has 0 bridgehead atoms. The first kappa shape index (κ1) is 36.9. The fourth-order valence-electron chi connectivity index (χ4n) is 11.1. The summed E-state index contributed by atoms with van der Waals surface area (Å²) in [5.74, 6) is 0. The highest BCUT2D eigenvalue weighted by Crippen LogP contribution is 2.53. The Hall–Kier alpha value is -9.49. The van der Waals surface area contributed by atoms with Crippen LogP contribution in [0.3, 0.4) is 0 Å². The van der Waals surface area contributed by atoms with E-state index in [9.17, 15) is 11.8 Å². The lowest BCUT2D eigenvalue weighted by Crippen LogP contribution is -2.08. The quantitative estimate of drug-likeness (QED) is 0.128. The molecule has 4 aromatic heterocycles. The third-order valence-electron chi connectivity index (χ3n) is 13.8. The predicted molar refractivity (Wildman–Crippen MR) is 274 cm³/mol. The molecular weight excluding hydrogens is 819 g/mol. The summed E-state index contributed by atoms with van der Waals surface area (Å²) in [6.07, 6.45) is 1.88. The van der Waals surface area contributed by atoms with Crippen molar-refractivity contribution >= 4 is 92.9 Å². The molecule has 0 saturated heterocycles. The zero-order chi connectivity index (χ0) is 44.3. The number of benzene rings is 10. The molecule has 14 rings (SSSR count). The van der Waals surface area contributed by atoms with E-state index in [-0.39, 0.29) is 0 Å². The van der Waals surface area contributed by atoms with Crippen molar-refractivity contribution in [1.82, 2.24) is 14.1 Å². The molecule has 0 fully saturated rings. The zero-order valence-electron chi connectivity index (χ0n) is 35.7. The number of aromatic nitrogens is 3. The largest absolute Gasteiger partial charge is 0.455 e. The number of para-hydroxylation sites is 3. The molecule has 10 aromatic carbocycles. The Balaban J connectivity index is 1.18. The molecule has 4 heterocycles. The lowest BCUT2D eigenvalue weighted by Gasteiger charge is -2.25. The Morgan fingerprint density at radius 1 is 0.478 bits per heavy atom. The van der Waals surface area contributed by atoms with Gasteiger partial charge in [0.2, 0.25) is 5.69 Å². The van der Waals surface area contributed by atoms with E-state index < -0.39 is 0 Å². The summed E-state index contributed by atoms with van der Waals surface area (Å²) >= 11 is 0. The van der Waals surface area contributed by atoms with Crippen molar-refractivity contribution in [3.63, 3.8) is 0 Å². The maximum atomic E-state index is 11.8. The van der Waals surface area contributed by atoms with Crippen molar-refractivity contribution < 1.29 is 4.42 Å². The van der Waals surface area contributed by atoms with Crippen molar-refractivity contribution in [2.75, 3.05) is 0 Å². The number of hydrogen-bond acceptors (Lipinski definition) is 3. The lowest BCUT2D eigenvalue weighted by molar-refractivity contribution is 0.670. The molecule has 6 nitrogen and oxygen atoms in total. The van der Waals surface area contributed by atoms with Crippen LogP contribution >= 0.6 is 0 Å². The van der Waals surface area contributed by atoms with Crippen LogP contribution in [0.2, 0.25) is 0 Å². The summed E-state index contributed by atoms with van der Waals surface area (Å²) in [4.78, 5) is 9.53. The summed E-state index contributed by atoms with van der Waals surface area (Å²) in [5.41, 5.74) is 13.6. The second-order valence-electron chi connectivity index (χ2n) is 17.1. The summed E-state index contributed by atoms with van der Waals surface area (Å²) in [6.45, 7) is 9.21. The van der Waals surface area contributed by atoms with E-state index in [1.165, 1.54) is 0 Å². The monoisotopic (exact) mass is 851 g/mol. The number of pyridine rings is 1. The Labute approximate surface area is 383 Å². The molecule has 0 spiro atoms. The van der Waals surface area contributed by atoms with E-state index in [4.69, 9.17) is 9.40 Å². The van der Waals surface area contributed by atoms with Gasteiger partial charge in [-0.3, -0.25) is 4.98 Å².